The third kappa shape index (κ3) is 4.07. The second-order valence-corrected chi connectivity index (χ2v) is 6.74. The molecule has 3 rings (SSSR count). The number of hydrogen-bond donors (Lipinski definition) is 2. The summed E-state index contributed by atoms with van der Waals surface area (Å²) in [5.41, 5.74) is 2.42. The molecule has 23 heavy (non-hydrogen) atoms. The Labute approximate surface area is 144 Å². The van der Waals surface area contributed by atoms with Crippen LogP contribution in [0.4, 0.5) is 11.5 Å². The number of nitrogens with zero attached hydrogens (tertiary/aromatic N) is 2. The van der Waals surface area contributed by atoms with Crippen molar-refractivity contribution in [3.63, 3.8) is 0 Å². The Bertz CT molecular complexity index is 696. The third-order valence-corrected chi connectivity index (χ3v) is 4.52. The fourth-order valence-electron chi connectivity index (χ4n) is 2.74. The predicted molar refractivity (Wildman–Crippen MR) is 93.9 cm³/mol. The van der Waals surface area contributed by atoms with Crippen LogP contribution >= 0.6 is 15.9 Å². The Hall–Kier alpha value is -1.95. The second kappa shape index (κ2) is 7.08. The third-order valence-electron chi connectivity index (χ3n) is 4.03. The van der Waals surface area contributed by atoms with E-state index in [1.165, 1.54) is 19.0 Å². The van der Waals surface area contributed by atoms with Crippen LogP contribution in [0.25, 0.3) is 0 Å². The minimum atomic E-state index is -0.143. The van der Waals surface area contributed by atoms with Crippen LogP contribution in [-0.2, 0) is 0 Å². The summed E-state index contributed by atoms with van der Waals surface area (Å²) in [6.07, 6.45) is 7.59. The molecule has 1 fully saturated rings. The van der Waals surface area contributed by atoms with Gasteiger partial charge >= 0.3 is 0 Å². The molecule has 1 aliphatic carbocycles. The second-order valence-electron chi connectivity index (χ2n) is 5.83. The summed E-state index contributed by atoms with van der Waals surface area (Å²) in [4.78, 5) is 20.6. The normalized spacial score (nSPS) is 14.7. The Balaban J connectivity index is 1.65. The van der Waals surface area contributed by atoms with Crippen molar-refractivity contribution in [1.82, 2.24) is 15.3 Å². The van der Waals surface area contributed by atoms with Crippen LogP contribution < -0.4 is 10.6 Å². The molecule has 5 nitrogen and oxygen atoms in total. The first-order chi connectivity index (χ1) is 11.1. The molecule has 6 heteroatoms. The van der Waals surface area contributed by atoms with Crippen LogP contribution in [0.15, 0.2) is 35.1 Å². The highest BCUT2D eigenvalue weighted by atomic mass is 79.9. The van der Waals surface area contributed by atoms with Crippen LogP contribution in [-0.4, -0.2) is 21.9 Å². The van der Waals surface area contributed by atoms with E-state index in [0.29, 0.717) is 11.5 Å². The molecule has 0 radical (unpaired) electrons. The number of amides is 1. The summed E-state index contributed by atoms with van der Waals surface area (Å²) in [7, 11) is 0. The maximum Gasteiger partial charge on any atom is 0.271 e. The summed E-state index contributed by atoms with van der Waals surface area (Å²) in [6.45, 7) is 2.02. The molecule has 2 aromatic rings. The van der Waals surface area contributed by atoms with Crippen molar-refractivity contribution in [2.75, 3.05) is 5.32 Å². The highest BCUT2D eigenvalue weighted by molar-refractivity contribution is 9.10. The highest BCUT2D eigenvalue weighted by Gasteiger charge is 2.18. The van der Waals surface area contributed by atoms with Gasteiger partial charge in [0.25, 0.3) is 5.91 Å². The van der Waals surface area contributed by atoms with E-state index in [2.05, 4.69) is 36.5 Å². The zero-order valence-corrected chi connectivity index (χ0v) is 14.6. The number of nitrogens with one attached hydrogen (secondary N) is 2. The Kier molecular flexibility index (Phi) is 4.91. The summed E-state index contributed by atoms with van der Waals surface area (Å²) in [5, 5.41) is 6.23. The number of anilines is 2. The van der Waals surface area contributed by atoms with Crippen molar-refractivity contribution in [2.24, 2.45) is 0 Å². The van der Waals surface area contributed by atoms with Gasteiger partial charge in [-0.05, 0) is 43.5 Å². The Morgan fingerprint density at radius 2 is 2.00 bits per heavy atom. The van der Waals surface area contributed by atoms with E-state index in [1.54, 1.807) is 6.20 Å². The van der Waals surface area contributed by atoms with Crippen LogP contribution in [0.3, 0.4) is 0 Å². The molecule has 0 aliphatic heterocycles. The number of aryl methyl sites for hydroxylation is 1. The van der Waals surface area contributed by atoms with Gasteiger partial charge in [0, 0.05) is 16.2 Å². The topological polar surface area (TPSA) is 66.9 Å². The van der Waals surface area contributed by atoms with Gasteiger partial charge in [0.05, 0.1) is 12.4 Å². The number of carbonyl (C=O) groups is 1. The number of hydrogen-bond acceptors (Lipinski definition) is 4. The number of aromatic nitrogens is 2. The van der Waals surface area contributed by atoms with Gasteiger partial charge in [0.15, 0.2) is 0 Å². The zero-order chi connectivity index (χ0) is 16.2. The quantitative estimate of drug-likeness (QED) is 0.849. The average Bonchev–Trinajstić information content (AvgIpc) is 3.04. The molecule has 1 aliphatic rings. The molecular weight excluding hydrogens is 356 g/mol. The molecule has 0 spiro atoms. The standard InChI is InChI=1S/C17H19BrN4O/c1-11-8-12(18)6-7-14(11)22-16-10-19-15(9-20-16)17(23)21-13-4-2-3-5-13/h6-10,13H,2-5H2,1H3,(H,20,22)(H,21,23). The Morgan fingerprint density at radius 3 is 2.65 bits per heavy atom. The van der Waals surface area contributed by atoms with E-state index in [9.17, 15) is 4.79 Å². The van der Waals surface area contributed by atoms with Crippen LogP contribution in [0.2, 0.25) is 0 Å². The van der Waals surface area contributed by atoms with Crippen LogP contribution in [0.1, 0.15) is 41.7 Å². The molecule has 1 aromatic carbocycles. The summed E-state index contributed by atoms with van der Waals surface area (Å²) in [6, 6.07) is 6.25. The molecule has 1 heterocycles. The molecule has 1 aromatic heterocycles. The molecule has 1 saturated carbocycles. The van der Waals surface area contributed by atoms with Crippen LogP contribution in [0.5, 0.6) is 0 Å². The SMILES string of the molecule is Cc1cc(Br)ccc1Nc1cnc(C(=O)NC2CCCC2)cn1. The lowest BCUT2D eigenvalue weighted by Gasteiger charge is -2.12. The molecule has 0 unspecified atom stereocenters. The van der Waals surface area contributed by atoms with Crippen molar-refractivity contribution in [3.05, 3.63) is 46.3 Å². The lowest BCUT2D eigenvalue weighted by atomic mass is 10.2. The van der Waals surface area contributed by atoms with E-state index < -0.39 is 0 Å². The maximum atomic E-state index is 12.1. The molecule has 0 bridgehead atoms. The fraction of sp³-hybridized carbons (Fsp3) is 0.353. The van der Waals surface area contributed by atoms with E-state index in [1.807, 2.05) is 25.1 Å². The minimum absolute atomic E-state index is 0.143. The van der Waals surface area contributed by atoms with Crippen LogP contribution in [0, 0.1) is 6.92 Å². The largest absolute Gasteiger partial charge is 0.348 e. The molecule has 2 N–H and O–H groups in total. The smallest absolute Gasteiger partial charge is 0.271 e. The Morgan fingerprint density at radius 1 is 1.22 bits per heavy atom. The van der Waals surface area contributed by atoms with Gasteiger partial charge < -0.3 is 10.6 Å². The lowest BCUT2D eigenvalue weighted by Crippen LogP contribution is -2.33. The minimum Gasteiger partial charge on any atom is -0.348 e. The van der Waals surface area contributed by atoms with E-state index in [-0.39, 0.29) is 11.9 Å². The van der Waals surface area contributed by atoms with Gasteiger partial charge in [-0.25, -0.2) is 9.97 Å². The first-order valence-corrected chi connectivity index (χ1v) is 8.57. The van der Waals surface area contributed by atoms with E-state index >= 15 is 0 Å². The fourth-order valence-corrected chi connectivity index (χ4v) is 3.22. The van der Waals surface area contributed by atoms with Crippen molar-refractivity contribution in [1.29, 1.82) is 0 Å². The van der Waals surface area contributed by atoms with E-state index in [0.717, 1.165) is 28.6 Å². The van der Waals surface area contributed by atoms with Crippen molar-refractivity contribution in [2.45, 2.75) is 38.6 Å². The van der Waals surface area contributed by atoms with Gasteiger partial charge in [0.1, 0.15) is 11.5 Å². The number of carbonyl (C=O) groups excluding carboxylic acids is 1. The zero-order valence-electron chi connectivity index (χ0n) is 13.0. The first kappa shape index (κ1) is 15.9. The van der Waals surface area contributed by atoms with Gasteiger partial charge in [-0.3, -0.25) is 4.79 Å². The van der Waals surface area contributed by atoms with Gasteiger partial charge in [0.2, 0.25) is 0 Å². The molecule has 1 amide bonds. The van der Waals surface area contributed by atoms with Gasteiger partial charge in [-0.2, -0.15) is 0 Å². The van der Waals surface area contributed by atoms with E-state index in [4.69, 9.17) is 0 Å². The van der Waals surface area contributed by atoms with Crippen molar-refractivity contribution in [3.8, 4) is 0 Å². The molecule has 0 atom stereocenters. The summed E-state index contributed by atoms with van der Waals surface area (Å²) < 4.78 is 1.03. The predicted octanol–water partition coefficient (Wildman–Crippen LogP) is 3.96. The van der Waals surface area contributed by atoms with Crippen molar-refractivity contribution >= 4 is 33.3 Å². The molecule has 0 saturated heterocycles. The lowest BCUT2D eigenvalue weighted by molar-refractivity contribution is 0.0932. The number of halogens is 1. The van der Waals surface area contributed by atoms with Gasteiger partial charge in [-0.15, -0.1) is 0 Å². The number of benzene rings is 1. The number of rotatable bonds is 4. The molecule has 120 valence electrons. The first-order valence-electron chi connectivity index (χ1n) is 7.78. The summed E-state index contributed by atoms with van der Waals surface area (Å²) >= 11 is 3.44. The summed E-state index contributed by atoms with van der Waals surface area (Å²) in [5.74, 6) is 0.476. The van der Waals surface area contributed by atoms with Gasteiger partial charge in [-0.1, -0.05) is 28.8 Å². The van der Waals surface area contributed by atoms with Crippen molar-refractivity contribution < 1.29 is 4.79 Å². The monoisotopic (exact) mass is 374 g/mol. The average molecular weight is 375 g/mol. The maximum absolute atomic E-state index is 12.1. The highest BCUT2D eigenvalue weighted by Crippen LogP contribution is 2.22. The molecular formula is C17H19BrN4O.